The molecule has 0 bridgehead atoms. The average molecular weight is 308 g/mol. The zero-order chi connectivity index (χ0) is 13.1. The van der Waals surface area contributed by atoms with Crippen molar-refractivity contribution in [2.24, 2.45) is 0 Å². The first-order valence-corrected chi connectivity index (χ1v) is 6.60. The van der Waals surface area contributed by atoms with Crippen LogP contribution in [0.3, 0.4) is 0 Å². The molecule has 1 nitrogen and oxygen atoms in total. The zero-order valence-corrected chi connectivity index (χ0v) is 12.0. The van der Waals surface area contributed by atoms with Gasteiger partial charge in [0.1, 0.15) is 5.82 Å². The highest BCUT2D eigenvalue weighted by Crippen LogP contribution is 2.30. The molecule has 3 heteroatoms. The Bertz CT molecular complexity index is 554. The van der Waals surface area contributed by atoms with Crippen LogP contribution in [-0.4, -0.2) is 7.05 Å². The lowest BCUT2D eigenvalue weighted by Gasteiger charge is -2.19. The predicted octanol–water partition coefficient (Wildman–Crippen LogP) is 4.21. The van der Waals surface area contributed by atoms with Gasteiger partial charge in [0.25, 0.3) is 0 Å². The number of rotatable bonds is 3. The molecule has 0 aliphatic carbocycles. The molecule has 2 aromatic carbocycles. The maximum absolute atomic E-state index is 13.3. The molecule has 18 heavy (non-hydrogen) atoms. The van der Waals surface area contributed by atoms with Gasteiger partial charge in [0.05, 0.1) is 6.04 Å². The van der Waals surface area contributed by atoms with Gasteiger partial charge in [-0.25, -0.2) is 4.39 Å². The van der Waals surface area contributed by atoms with E-state index in [-0.39, 0.29) is 11.9 Å². The summed E-state index contributed by atoms with van der Waals surface area (Å²) in [7, 11) is 1.88. The van der Waals surface area contributed by atoms with Crippen LogP contribution in [0.2, 0.25) is 0 Å². The highest BCUT2D eigenvalue weighted by Gasteiger charge is 2.16. The van der Waals surface area contributed by atoms with E-state index in [0.717, 1.165) is 15.6 Å². The average Bonchev–Trinajstić information content (AvgIpc) is 2.35. The summed E-state index contributed by atoms with van der Waals surface area (Å²) in [6.45, 7) is 2.05. The van der Waals surface area contributed by atoms with Gasteiger partial charge in [0.15, 0.2) is 0 Å². The topological polar surface area (TPSA) is 12.0 Å². The van der Waals surface area contributed by atoms with Crippen molar-refractivity contribution in [1.82, 2.24) is 5.32 Å². The molecule has 0 aromatic heterocycles. The van der Waals surface area contributed by atoms with Crippen LogP contribution in [0.15, 0.2) is 46.9 Å². The largest absolute Gasteiger partial charge is 0.309 e. The Morgan fingerprint density at radius 2 is 1.89 bits per heavy atom. The summed E-state index contributed by atoms with van der Waals surface area (Å²) in [6, 6.07) is 12.8. The summed E-state index contributed by atoms with van der Waals surface area (Å²) >= 11 is 3.60. The number of nitrogens with one attached hydrogen (secondary N) is 1. The van der Waals surface area contributed by atoms with E-state index in [1.807, 2.05) is 38.2 Å². The molecule has 1 unspecified atom stereocenters. The van der Waals surface area contributed by atoms with Gasteiger partial charge in [-0.05, 0) is 42.8 Å². The van der Waals surface area contributed by atoms with Gasteiger partial charge < -0.3 is 5.32 Å². The number of halogens is 2. The maximum atomic E-state index is 13.3. The minimum absolute atomic E-state index is 0.0185. The van der Waals surface area contributed by atoms with E-state index >= 15 is 0 Å². The standard InChI is InChI=1S/C15H15BrFN/c1-10-5-3-8-13(14(10)16)15(18-2)11-6-4-7-12(17)9-11/h3-9,15,18H,1-2H3. The van der Waals surface area contributed by atoms with Crippen LogP contribution >= 0.6 is 15.9 Å². The fraction of sp³-hybridized carbons (Fsp3) is 0.200. The lowest BCUT2D eigenvalue weighted by molar-refractivity contribution is 0.616. The maximum Gasteiger partial charge on any atom is 0.123 e. The third-order valence-corrected chi connectivity index (χ3v) is 4.09. The molecular formula is C15H15BrFN. The molecule has 0 spiro atoms. The molecule has 2 aromatic rings. The van der Waals surface area contributed by atoms with Crippen molar-refractivity contribution in [2.75, 3.05) is 7.05 Å². The fourth-order valence-electron chi connectivity index (χ4n) is 2.08. The van der Waals surface area contributed by atoms with Gasteiger partial charge in [0, 0.05) is 4.47 Å². The van der Waals surface area contributed by atoms with E-state index in [9.17, 15) is 4.39 Å². The molecular weight excluding hydrogens is 293 g/mol. The summed E-state index contributed by atoms with van der Waals surface area (Å²) in [6.07, 6.45) is 0. The third-order valence-electron chi connectivity index (χ3n) is 3.00. The van der Waals surface area contributed by atoms with Crippen LogP contribution in [0.5, 0.6) is 0 Å². The normalized spacial score (nSPS) is 12.4. The van der Waals surface area contributed by atoms with Crippen LogP contribution in [0, 0.1) is 12.7 Å². The highest BCUT2D eigenvalue weighted by molar-refractivity contribution is 9.10. The highest BCUT2D eigenvalue weighted by atomic mass is 79.9. The van der Waals surface area contributed by atoms with E-state index in [0.29, 0.717) is 0 Å². The fourth-order valence-corrected chi connectivity index (χ4v) is 2.57. The molecule has 2 rings (SSSR count). The second kappa shape index (κ2) is 5.63. The Labute approximate surface area is 115 Å². The Morgan fingerprint density at radius 1 is 1.17 bits per heavy atom. The Balaban J connectivity index is 2.49. The summed E-state index contributed by atoms with van der Waals surface area (Å²) in [5.74, 6) is -0.212. The molecule has 0 heterocycles. The molecule has 0 fully saturated rings. The second-order valence-corrected chi connectivity index (χ2v) is 5.05. The van der Waals surface area contributed by atoms with Gasteiger partial charge in [-0.2, -0.15) is 0 Å². The molecule has 0 amide bonds. The third kappa shape index (κ3) is 2.62. The monoisotopic (exact) mass is 307 g/mol. The van der Waals surface area contributed by atoms with Crippen LogP contribution in [0.25, 0.3) is 0 Å². The van der Waals surface area contributed by atoms with Gasteiger partial charge >= 0.3 is 0 Å². The molecule has 0 aliphatic heterocycles. The van der Waals surface area contributed by atoms with Crippen molar-refractivity contribution in [1.29, 1.82) is 0 Å². The number of hydrogen-bond donors (Lipinski definition) is 1. The summed E-state index contributed by atoms with van der Waals surface area (Å²) < 4.78 is 14.4. The van der Waals surface area contributed by atoms with Crippen LogP contribution in [0.4, 0.5) is 4.39 Å². The van der Waals surface area contributed by atoms with E-state index in [1.54, 1.807) is 12.1 Å². The van der Waals surface area contributed by atoms with E-state index < -0.39 is 0 Å². The Hall–Kier alpha value is -1.19. The van der Waals surface area contributed by atoms with Crippen molar-refractivity contribution in [3.63, 3.8) is 0 Å². The van der Waals surface area contributed by atoms with Crippen molar-refractivity contribution in [3.05, 3.63) is 69.4 Å². The first-order chi connectivity index (χ1) is 8.63. The smallest absolute Gasteiger partial charge is 0.123 e. The second-order valence-electron chi connectivity index (χ2n) is 4.25. The summed E-state index contributed by atoms with van der Waals surface area (Å²) in [4.78, 5) is 0. The molecule has 1 N–H and O–H groups in total. The lowest BCUT2D eigenvalue weighted by atomic mass is 9.97. The predicted molar refractivity (Wildman–Crippen MR) is 76.2 cm³/mol. The SMILES string of the molecule is CNC(c1cccc(F)c1)c1cccc(C)c1Br. The van der Waals surface area contributed by atoms with Crippen molar-refractivity contribution in [3.8, 4) is 0 Å². The molecule has 0 saturated heterocycles. The van der Waals surface area contributed by atoms with Crippen molar-refractivity contribution in [2.45, 2.75) is 13.0 Å². The molecule has 0 saturated carbocycles. The lowest BCUT2D eigenvalue weighted by Crippen LogP contribution is -2.18. The molecule has 1 atom stereocenters. The van der Waals surface area contributed by atoms with Gasteiger partial charge in [-0.3, -0.25) is 0 Å². The quantitative estimate of drug-likeness (QED) is 0.896. The minimum Gasteiger partial charge on any atom is -0.309 e. The summed E-state index contributed by atoms with van der Waals surface area (Å²) in [5, 5.41) is 3.23. The van der Waals surface area contributed by atoms with E-state index in [1.165, 1.54) is 11.6 Å². The Morgan fingerprint density at radius 3 is 2.56 bits per heavy atom. The Kier molecular flexibility index (Phi) is 4.15. The number of benzene rings is 2. The minimum atomic E-state index is -0.212. The van der Waals surface area contributed by atoms with Crippen LogP contribution in [-0.2, 0) is 0 Å². The number of aryl methyl sites for hydroxylation is 1. The van der Waals surface area contributed by atoms with Gasteiger partial charge in [-0.1, -0.05) is 46.3 Å². The molecule has 0 aliphatic rings. The van der Waals surface area contributed by atoms with Crippen molar-refractivity contribution < 1.29 is 4.39 Å². The molecule has 0 radical (unpaired) electrons. The molecule has 94 valence electrons. The summed E-state index contributed by atoms with van der Waals surface area (Å²) in [5.41, 5.74) is 3.20. The first-order valence-electron chi connectivity index (χ1n) is 5.81. The van der Waals surface area contributed by atoms with Crippen LogP contribution in [0.1, 0.15) is 22.7 Å². The van der Waals surface area contributed by atoms with Crippen molar-refractivity contribution >= 4 is 15.9 Å². The van der Waals surface area contributed by atoms with E-state index in [4.69, 9.17) is 0 Å². The zero-order valence-electron chi connectivity index (χ0n) is 10.4. The first kappa shape index (κ1) is 13.2. The van der Waals surface area contributed by atoms with Gasteiger partial charge in [0.2, 0.25) is 0 Å². The van der Waals surface area contributed by atoms with Gasteiger partial charge in [-0.15, -0.1) is 0 Å². The number of hydrogen-bond acceptors (Lipinski definition) is 1. The van der Waals surface area contributed by atoms with E-state index in [2.05, 4.69) is 21.2 Å². The van der Waals surface area contributed by atoms with Crippen LogP contribution < -0.4 is 5.32 Å².